The number of carbonyl (C=O) groups excluding carboxylic acids is 1. The van der Waals surface area contributed by atoms with Gasteiger partial charge in [-0.3, -0.25) is 4.79 Å². The van der Waals surface area contributed by atoms with Gasteiger partial charge in [0.25, 0.3) is 0 Å². The van der Waals surface area contributed by atoms with E-state index >= 15 is 0 Å². The Bertz CT molecular complexity index is 216. The predicted octanol–water partition coefficient (Wildman–Crippen LogP) is 4.74. The SMILES string of the molecule is CCC(=O)C(C1CCCCC1)C1CCCCC1. The van der Waals surface area contributed by atoms with E-state index in [-0.39, 0.29) is 0 Å². The summed E-state index contributed by atoms with van der Waals surface area (Å²) in [6, 6.07) is 0. The minimum absolute atomic E-state index is 0.431. The number of Topliss-reactive ketones (excluding diaryl/α,β-unsaturated/α-hetero) is 1. The average Bonchev–Trinajstić information content (AvgIpc) is 2.41. The summed E-state index contributed by atoms with van der Waals surface area (Å²) in [5.41, 5.74) is 0. The van der Waals surface area contributed by atoms with Crippen molar-refractivity contribution in [2.45, 2.75) is 77.6 Å². The second-order valence-electron chi connectivity index (χ2n) is 6.14. The fourth-order valence-electron chi connectivity index (χ4n) is 4.13. The van der Waals surface area contributed by atoms with E-state index < -0.39 is 0 Å². The first-order valence-corrected chi connectivity index (χ1v) is 7.85. The highest BCUT2D eigenvalue weighted by Crippen LogP contribution is 2.40. The molecule has 2 rings (SSSR count). The molecule has 1 nitrogen and oxygen atoms in total. The summed E-state index contributed by atoms with van der Waals surface area (Å²) < 4.78 is 0. The molecule has 0 amide bonds. The first kappa shape index (κ1) is 13.1. The molecule has 0 atom stereocenters. The van der Waals surface area contributed by atoms with Gasteiger partial charge in [0.05, 0.1) is 0 Å². The molecule has 2 aliphatic rings. The Morgan fingerprint density at radius 1 is 0.882 bits per heavy atom. The van der Waals surface area contributed by atoms with Crippen LogP contribution in [-0.2, 0) is 4.79 Å². The summed E-state index contributed by atoms with van der Waals surface area (Å²) in [5, 5.41) is 0. The number of hydrogen-bond acceptors (Lipinski definition) is 1. The van der Waals surface area contributed by atoms with E-state index in [2.05, 4.69) is 6.92 Å². The minimum atomic E-state index is 0.431. The topological polar surface area (TPSA) is 17.1 Å². The van der Waals surface area contributed by atoms with Gasteiger partial charge in [0.15, 0.2) is 0 Å². The van der Waals surface area contributed by atoms with Crippen molar-refractivity contribution in [3.05, 3.63) is 0 Å². The third-order valence-electron chi connectivity index (χ3n) is 5.04. The van der Waals surface area contributed by atoms with Gasteiger partial charge in [0.2, 0.25) is 0 Å². The zero-order valence-electron chi connectivity index (χ0n) is 11.4. The summed E-state index contributed by atoms with van der Waals surface area (Å²) >= 11 is 0. The van der Waals surface area contributed by atoms with Crippen LogP contribution in [0.15, 0.2) is 0 Å². The van der Waals surface area contributed by atoms with E-state index in [9.17, 15) is 4.79 Å². The zero-order valence-corrected chi connectivity index (χ0v) is 11.4. The summed E-state index contributed by atoms with van der Waals surface area (Å²) in [6.07, 6.45) is 14.3. The number of rotatable bonds is 4. The van der Waals surface area contributed by atoms with Crippen LogP contribution >= 0.6 is 0 Å². The van der Waals surface area contributed by atoms with E-state index in [1.54, 1.807) is 0 Å². The van der Waals surface area contributed by atoms with Gasteiger partial charge in [-0.25, -0.2) is 0 Å². The summed E-state index contributed by atoms with van der Waals surface area (Å²) in [6.45, 7) is 2.06. The smallest absolute Gasteiger partial charge is 0.136 e. The molecule has 0 aromatic carbocycles. The van der Waals surface area contributed by atoms with Gasteiger partial charge >= 0.3 is 0 Å². The van der Waals surface area contributed by atoms with Crippen LogP contribution in [0.3, 0.4) is 0 Å². The molecule has 0 N–H and O–H groups in total. The highest BCUT2D eigenvalue weighted by atomic mass is 16.1. The lowest BCUT2D eigenvalue weighted by atomic mass is 9.67. The Morgan fingerprint density at radius 3 is 1.65 bits per heavy atom. The fourth-order valence-corrected chi connectivity index (χ4v) is 4.13. The molecular weight excluding hydrogens is 208 g/mol. The highest BCUT2D eigenvalue weighted by molar-refractivity contribution is 5.81. The Kier molecular flexibility index (Phi) is 5.06. The van der Waals surface area contributed by atoms with Crippen molar-refractivity contribution in [3.63, 3.8) is 0 Å². The van der Waals surface area contributed by atoms with Crippen molar-refractivity contribution < 1.29 is 4.79 Å². The maximum atomic E-state index is 12.3. The van der Waals surface area contributed by atoms with Gasteiger partial charge in [0, 0.05) is 12.3 Å². The first-order valence-electron chi connectivity index (χ1n) is 7.85. The lowest BCUT2D eigenvalue weighted by Crippen LogP contribution is -2.33. The normalized spacial score (nSPS) is 24.1. The summed E-state index contributed by atoms with van der Waals surface area (Å²) in [5.74, 6) is 2.47. The van der Waals surface area contributed by atoms with Crippen LogP contribution < -0.4 is 0 Å². The largest absolute Gasteiger partial charge is 0.299 e. The van der Waals surface area contributed by atoms with E-state index in [4.69, 9.17) is 0 Å². The molecule has 98 valence electrons. The highest BCUT2D eigenvalue weighted by Gasteiger charge is 2.35. The Hall–Kier alpha value is -0.330. The fraction of sp³-hybridized carbons (Fsp3) is 0.938. The molecule has 0 radical (unpaired) electrons. The molecule has 0 aromatic heterocycles. The van der Waals surface area contributed by atoms with Crippen LogP contribution in [0.25, 0.3) is 0 Å². The molecule has 0 saturated heterocycles. The predicted molar refractivity (Wildman–Crippen MR) is 71.9 cm³/mol. The number of ketones is 1. The van der Waals surface area contributed by atoms with Crippen LogP contribution in [0.4, 0.5) is 0 Å². The van der Waals surface area contributed by atoms with Crippen molar-refractivity contribution in [1.29, 1.82) is 0 Å². The van der Waals surface area contributed by atoms with Crippen molar-refractivity contribution in [1.82, 2.24) is 0 Å². The molecule has 0 aliphatic heterocycles. The average molecular weight is 236 g/mol. The molecule has 0 heterocycles. The van der Waals surface area contributed by atoms with Crippen LogP contribution in [-0.4, -0.2) is 5.78 Å². The molecular formula is C16H28O. The molecule has 0 bridgehead atoms. The van der Waals surface area contributed by atoms with Crippen molar-refractivity contribution in [2.75, 3.05) is 0 Å². The van der Waals surface area contributed by atoms with Crippen molar-refractivity contribution >= 4 is 5.78 Å². The van der Waals surface area contributed by atoms with E-state index in [0.717, 1.165) is 18.3 Å². The van der Waals surface area contributed by atoms with E-state index in [1.165, 1.54) is 64.2 Å². The van der Waals surface area contributed by atoms with Crippen LogP contribution in [0, 0.1) is 17.8 Å². The Labute approximate surface area is 106 Å². The summed E-state index contributed by atoms with van der Waals surface area (Å²) in [7, 11) is 0. The third kappa shape index (κ3) is 3.33. The first-order chi connectivity index (χ1) is 8.33. The van der Waals surface area contributed by atoms with E-state index in [1.807, 2.05) is 0 Å². The van der Waals surface area contributed by atoms with Gasteiger partial charge in [-0.2, -0.15) is 0 Å². The summed E-state index contributed by atoms with van der Waals surface area (Å²) in [4.78, 5) is 12.3. The second kappa shape index (κ2) is 6.56. The Balaban J connectivity index is 2.02. The molecule has 0 spiro atoms. The standard InChI is InChI=1S/C16H28O/c1-2-15(17)16(13-9-5-3-6-10-13)14-11-7-4-8-12-14/h13-14,16H,2-12H2,1H3. The zero-order chi connectivity index (χ0) is 12.1. The molecule has 2 saturated carbocycles. The van der Waals surface area contributed by atoms with Crippen LogP contribution in [0.5, 0.6) is 0 Å². The number of hydrogen-bond donors (Lipinski definition) is 0. The monoisotopic (exact) mass is 236 g/mol. The minimum Gasteiger partial charge on any atom is -0.299 e. The molecule has 0 aromatic rings. The lowest BCUT2D eigenvalue weighted by Gasteiger charge is -2.36. The molecule has 2 aliphatic carbocycles. The van der Waals surface area contributed by atoms with Crippen LogP contribution in [0.2, 0.25) is 0 Å². The lowest BCUT2D eigenvalue weighted by molar-refractivity contribution is -0.127. The van der Waals surface area contributed by atoms with E-state index in [0.29, 0.717) is 11.7 Å². The molecule has 17 heavy (non-hydrogen) atoms. The molecule has 0 unspecified atom stereocenters. The second-order valence-corrected chi connectivity index (χ2v) is 6.14. The van der Waals surface area contributed by atoms with Crippen molar-refractivity contribution in [2.24, 2.45) is 17.8 Å². The maximum Gasteiger partial charge on any atom is 0.136 e. The van der Waals surface area contributed by atoms with Crippen LogP contribution in [0.1, 0.15) is 77.6 Å². The van der Waals surface area contributed by atoms with Gasteiger partial charge < -0.3 is 0 Å². The third-order valence-corrected chi connectivity index (χ3v) is 5.04. The molecule has 2 fully saturated rings. The van der Waals surface area contributed by atoms with Crippen molar-refractivity contribution in [3.8, 4) is 0 Å². The van der Waals surface area contributed by atoms with Gasteiger partial charge in [0.1, 0.15) is 5.78 Å². The van der Waals surface area contributed by atoms with Gasteiger partial charge in [-0.05, 0) is 37.5 Å². The maximum absolute atomic E-state index is 12.3. The number of carbonyl (C=O) groups is 1. The van der Waals surface area contributed by atoms with Gasteiger partial charge in [-0.1, -0.05) is 45.4 Å². The Morgan fingerprint density at radius 2 is 1.29 bits per heavy atom. The van der Waals surface area contributed by atoms with Gasteiger partial charge in [-0.15, -0.1) is 0 Å². The molecule has 1 heteroatoms. The quantitative estimate of drug-likeness (QED) is 0.689.